The van der Waals surface area contributed by atoms with Crippen molar-refractivity contribution >= 4 is 38.4 Å². The Kier molecular flexibility index (Phi) is 6.01. The van der Waals surface area contributed by atoms with Crippen LogP contribution in [-0.4, -0.2) is 25.1 Å². The van der Waals surface area contributed by atoms with Crippen molar-refractivity contribution in [1.82, 2.24) is 0 Å². The lowest BCUT2D eigenvalue weighted by Gasteiger charge is -2.09. The molecule has 28 heavy (non-hydrogen) atoms. The molecule has 0 aliphatic rings. The van der Waals surface area contributed by atoms with Gasteiger partial charge in [0, 0.05) is 23.7 Å². The van der Waals surface area contributed by atoms with Gasteiger partial charge in [0.1, 0.15) is 5.76 Å². The van der Waals surface area contributed by atoms with Crippen molar-refractivity contribution in [2.75, 3.05) is 10.5 Å². The molecule has 3 rings (SSSR count). The van der Waals surface area contributed by atoms with Crippen molar-refractivity contribution in [2.45, 2.75) is 11.8 Å². The molecule has 0 aliphatic heterocycles. The van der Waals surface area contributed by atoms with Gasteiger partial charge in [0.15, 0.2) is 10.9 Å². The minimum absolute atomic E-state index is 0.0580. The number of sulfonamides is 1. The van der Waals surface area contributed by atoms with Crippen LogP contribution in [0.25, 0.3) is 11.3 Å². The second-order valence-electron chi connectivity index (χ2n) is 5.89. The van der Waals surface area contributed by atoms with E-state index in [9.17, 15) is 18.0 Å². The first kappa shape index (κ1) is 19.9. The highest BCUT2D eigenvalue weighted by molar-refractivity contribution is 8.14. The lowest BCUT2D eigenvalue weighted by molar-refractivity contribution is -0.109. The van der Waals surface area contributed by atoms with Crippen molar-refractivity contribution in [3.8, 4) is 11.3 Å². The fourth-order valence-electron chi connectivity index (χ4n) is 2.43. The largest absolute Gasteiger partial charge is 0.464 e. The minimum atomic E-state index is -3.77. The van der Waals surface area contributed by atoms with Gasteiger partial charge in [0.2, 0.25) is 0 Å². The maximum atomic E-state index is 12.6. The number of hydrogen-bond donors (Lipinski definition) is 1. The number of carbonyl (C=O) groups excluding carboxylic acids is 2. The number of furan rings is 1. The van der Waals surface area contributed by atoms with E-state index in [0.29, 0.717) is 17.0 Å². The normalized spacial score (nSPS) is 11.2. The third-order valence-corrected chi connectivity index (χ3v) is 6.05. The molecule has 1 N–H and O–H groups in total. The van der Waals surface area contributed by atoms with Gasteiger partial charge in [-0.05, 0) is 60.7 Å². The predicted octanol–water partition coefficient (Wildman–Crippen LogP) is 4.21. The molecule has 0 atom stereocenters. The third kappa shape index (κ3) is 4.90. The van der Waals surface area contributed by atoms with E-state index in [4.69, 9.17) is 4.42 Å². The number of anilines is 1. The summed E-state index contributed by atoms with van der Waals surface area (Å²) in [4.78, 5) is 23.0. The zero-order valence-corrected chi connectivity index (χ0v) is 16.5. The predicted molar refractivity (Wildman–Crippen MR) is 109 cm³/mol. The lowest BCUT2D eigenvalue weighted by Crippen LogP contribution is -2.13. The Bertz CT molecular complexity index is 1070. The third-order valence-electron chi connectivity index (χ3n) is 3.84. The van der Waals surface area contributed by atoms with Gasteiger partial charge in [-0.25, -0.2) is 8.42 Å². The van der Waals surface area contributed by atoms with Gasteiger partial charge in [-0.3, -0.25) is 14.3 Å². The van der Waals surface area contributed by atoms with E-state index in [2.05, 4.69) is 4.72 Å². The highest BCUT2D eigenvalue weighted by Gasteiger charge is 2.15. The molecule has 0 saturated heterocycles. The Morgan fingerprint density at radius 3 is 2.25 bits per heavy atom. The Morgan fingerprint density at radius 1 is 1.00 bits per heavy atom. The van der Waals surface area contributed by atoms with Crippen LogP contribution < -0.4 is 4.72 Å². The number of thioether (sulfide) groups is 1. The molecule has 0 saturated carbocycles. The molecule has 0 aliphatic carbocycles. The van der Waals surface area contributed by atoms with Gasteiger partial charge in [0.25, 0.3) is 10.0 Å². The fourth-order valence-corrected chi connectivity index (χ4v) is 3.99. The van der Waals surface area contributed by atoms with Crippen LogP contribution in [0.5, 0.6) is 0 Å². The highest BCUT2D eigenvalue weighted by Crippen LogP contribution is 2.23. The Labute approximate surface area is 167 Å². The van der Waals surface area contributed by atoms with Crippen LogP contribution in [0.3, 0.4) is 0 Å². The van der Waals surface area contributed by atoms with Crippen molar-refractivity contribution in [1.29, 1.82) is 0 Å². The number of nitrogens with one attached hydrogen (secondary N) is 1. The molecule has 1 aromatic heterocycles. The van der Waals surface area contributed by atoms with Gasteiger partial charge in [-0.15, -0.1) is 0 Å². The van der Waals surface area contributed by atoms with Crippen molar-refractivity contribution in [3.05, 3.63) is 72.5 Å². The first-order valence-corrected chi connectivity index (χ1v) is 10.8. The van der Waals surface area contributed by atoms with E-state index in [0.717, 1.165) is 17.3 Å². The summed E-state index contributed by atoms with van der Waals surface area (Å²) < 4.78 is 32.9. The number of rotatable bonds is 7. The number of hydrogen-bond acceptors (Lipinski definition) is 6. The molecule has 1 heterocycles. The number of Topliss-reactive ketones (excluding diaryl/α,β-unsaturated/α-hetero) is 1. The summed E-state index contributed by atoms with van der Waals surface area (Å²) in [6, 6.07) is 16.0. The van der Waals surface area contributed by atoms with Crippen LogP contribution in [0.1, 0.15) is 17.3 Å². The van der Waals surface area contributed by atoms with E-state index in [1.165, 1.54) is 43.3 Å². The standard InChI is InChI=1S/C20H17NO5S2/c1-14(22)27-13-19(23)15-4-8-17(9-5-15)21-28(24,25)18-10-6-16(7-11-18)20-3-2-12-26-20/h2-12,21H,13H2,1H3. The van der Waals surface area contributed by atoms with E-state index >= 15 is 0 Å². The second-order valence-corrected chi connectivity index (χ2v) is 8.72. The monoisotopic (exact) mass is 415 g/mol. The lowest BCUT2D eigenvalue weighted by atomic mass is 10.1. The van der Waals surface area contributed by atoms with Crippen LogP contribution in [-0.2, 0) is 14.8 Å². The van der Waals surface area contributed by atoms with Crippen LogP contribution in [0.15, 0.2) is 76.2 Å². The molecule has 6 nitrogen and oxygen atoms in total. The minimum Gasteiger partial charge on any atom is -0.464 e. The SMILES string of the molecule is CC(=O)SCC(=O)c1ccc(NS(=O)(=O)c2ccc(-c3ccco3)cc2)cc1. The molecule has 2 aromatic carbocycles. The summed E-state index contributed by atoms with van der Waals surface area (Å²) in [5.41, 5.74) is 1.53. The molecular weight excluding hydrogens is 398 g/mol. The highest BCUT2D eigenvalue weighted by atomic mass is 32.2. The Balaban J connectivity index is 1.70. The van der Waals surface area contributed by atoms with Crippen LogP contribution >= 0.6 is 11.8 Å². The second kappa shape index (κ2) is 8.45. The van der Waals surface area contributed by atoms with Crippen LogP contribution in [0.2, 0.25) is 0 Å². The van der Waals surface area contributed by atoms with Gasteiger partial charge < -0.3 is 4.42 Å². The molecule has 0 radical (unpaired) electrons. The van der Waals surface area contributed by atoms with Gasteiger partial charge in [-0.2, -0.15) is 0 Å². The van der Waals surface area contributed by atoms with Gasteiger partial charge in [-0.1, -0.05) is 11.8 Å². The summed E-state index contributed by atoms with van der Waals surface area (Å²) in [5, 5.41) is -0.129. The summed E-state index contributed by atoms with van der Waals surface area (Å²) in [6.45, 7) is 1.40. The van der Waals surface area contributed by atoms with Gasteiger partial charge in [0.05, 0.1) is 16.9 Å². The molecular formula is C20H17NO5S2. The molecule has 3 aromatic rings. The average molecular weight is 415 g/mol. The quantitative estimate of drug-likeness (QED) is 0.581. The first-order chi connectivity index (χ1) is 13.3. The maximum absolute atomic E-state index is 12.6. The fraction of sp³-hybridized carbons (Fsp3) is 0.100. The molecule has 0 amide bonds. The van der Waals surface area contributed by atoms with Crippen LogP contribution in [0.4, 0.5) is 5.69 Å². The molecule has 144 valence electrons. The maximum Gasteiger partial charge on any atom is 0.261 e. The van der Waals surface area contributed by atoms with E-state index in [1.54, 1.807) is 30.5 Å². The first-order valence-electron chi connectivity index (χ1n) is 8.28. The molecule has 0 spiro atoms. The zero-order chi connectivity index (χ0) is 20.1. The Hall–Kier alpha value is -2.84. The number of benzene rings is 2. The molecule has 0 fully saturated rings. The van der Waals surface area contributed by atoms with Crippen molar-refractivity contribution in [2.24, 2.45) is 0 Å². The topological polar surface area (TPSA) is 93.5 Å². The van der Waals surface area contributed by atoms with Crippen LogP contribution in [0, 0.1) is 0 Å². The summed E-state index contributed by atoms with van der Waals surface area (Å²) >= 11 is 0.939. The van der Waals surface area contributed by atoms with E-state index in [-0.39, 0.29) is 21.5 Å². The van der Waals surface area contributed by atoms with Gasteiger partial charge >= 0.3 is 0 Å². The molecule has 8 heteroatoms. The average Bonchev–Trinajstić information content (AvgIpc) is 3.21. The summed E-state index contributed by atoms with van der Waals surface area (Å²) in [6.07, 6.45) is 1.55. The van der Waals surface area contributed by atoms with Crippen molar-refractivity contribution in [3.63, 3.8) is 0 Å². The molecule has 0 unspecified atom stereocenters. The molecule has 0 bridgehead atoms. The van der Waals surface area contributed by atoms with E-state index in [1.807, 2.05) is 0 Å². The number of carbonyl (C=O) groups is 2. The summed E-state index contributed by atoms with van der Waals surface area (Å²) in [5.74, 6) is 0.519. The summed E-state index contributed by atoms with van der Waals surface area (Å²) in [7, 11) is -3.77. The zero-order valence-electron chi connectivity index (χ0n) is 14.9. The van der Waals surface area contributed by atoms with Crippen molar-refractivity contribution < 1.29 is 22.4 Å². The number of ketones is 1. The Morgan fingerprint density at radius 2 is 1.68 bits per heavy atom. The van der Waals surface area contributed by atoms with E-state index < -0.39 is 10.0 Å². The smallest absolute Gasteiger partial charge is 0.261 e.